The Kier molecular flexibility index (Phi) is 3.61. The van der Waals surface area contributed by atoms with Gasteiger partial charge in [0.2, 0.25) is 0 Å². The molecule has 0 aliphatic heterocycles. The predicted octanol–water partition coefficient (Wildman–Crippen LogP) is 1.27. The van der Waals surface area contributed by atoms with E-state index in [-0.39, 0.29) is 6.61 Å². The molecule has 0 spiro atoms. The second-order valence-corrected chi connectivity index (χ2v) is 6.83. The minimum atomic E-state index is -2.94. The van der Waals surface area contributed by atoms with E-state index in [9.17, 15) is 9.32 Å². The summed E-state index contributed by atoms with van der Waals surface area (Å²) in [5, 5.41) is 9.20. The summed E-state index contributed by atoms with van der Waals surface area (Å²) in [5.41, 5.74) is 0.935. The zero-order valence-corrected chi connectivity index (χ0v) is 11.1. The lowest BCUT2D eigenvalue weighted by molar-refractivity contribution is 0.285. The molecular weight excluding hydrogens is 252 g/mol. The Morgan fingerprint density at radius 3 is 2.50 bits per heavy atom. The maximum Gasteiger partial charge on any atom is 0.118 e. The number of benzene rings is 1. The third-order valence-corrected chi connectivity index (χ3v) is 5.65. The molecule has 0 saturated heterocycles. The Morgan fingerprint density at radius 2 is 2.06 bits per heavy atom. The molecule has 100 valence electrons. The molecule has 5 nitrogen and oxygen atoms in total. The summed E-state index contributed by atoms with van der Waals surface area (Å²) in [4.78, 5) is 0. The lowest BCUT2D eigenvalue weighted by Gasteiger charge is -2.17. The number of methoxy groups -OCH3 is 1. The van der Waals surface area contributed by atoms with Crippen LogP contribution in [-0.4, -0.2) is 27.8 Å². The fourth-order valence-corrected chi connectivity index (χ4v) is 3.29. The smallest absolute Gasteiger partial charge is 0.118 e. The fraction of sp³-hybridized carbons (Fsp3) is 0.500. The zero-order chi connectivity index (χ0) is 13.2. The van der Waals surface area contributed by atoms with Crippen molar-refractivity contribution < 1.29 is 14.1 Å². The third-order valence-electron chi connectivity index (χ3n) is 3.34. The van der Waals surface area contributed by atoms with Crippen molar-refractivity contribution >= 4 is 9.92 Å². The Hall–Kier alpha value is -1.11. The van der Waals surface area contributed by atoms with E-state index in [0.29, 0.717) is 19.4 Å². The van der Waals surface area contributed by atoms with E-state index in [1.165, 1.54) is 0 Å². The van der Waals surface area contributed by atoms with Gasteiger partial charge in [-0.05, 0) is 30.5 Å². The first-order valence-electron chi connectivity index (χ1n) is 5.80. The molecule has 0 amide bonds. The third kappa shape index (κ3) is 2.50. The molecule has 0 radical (unpaired) electrons. The number of aliphatic hydroxyl groups is 1. The van der Waals surface area contributed by atoms with E-state index < -0.39 is 14.7 Å². The van der Waals surface area contributed by atoms with Gasteiger partial charge in [-0.3, -0.25) is 0 Å². The Morgan fingerprint density at radius 1 is 1.44 bits per heavy atom. The molecule has 0 bridgehead atoms. The van der Waals surface area contributed by atoms with Crippen molar-refractivity contribution in [3.63, 3.8) is 0 Å². The van der Waals surface area contributed by atoms with Gasteiger partial charge in [0.25, 0.3) is 0 Å². The van der Waals surface area contributed by atoms with Gasteiger partial charge in [-0.25, -0.2) is 13.7 Å². The maximum absolute atomic E-state index is 12.2. The van der Waals surface area contributed by atoms with Crippen LogP contribution in [0.5, 0.6) is 5.75 Å². The molecule has 1 aliphatic rings. The fourth-order valence-electron chi connectivity index (χ4n) is 1.76. The molecule has 0 aromatic heterocycles. The van der Waals surface area contributed by atoms with Crippen LogP contribution in [0.15, 0.2) is 24.3 Å². The monoisotopic (exact) mass is 270 g/mol. The highest BCUT2D eigenvalue weighted by atomic mass is 32.2. The van der Waals surface area contributed by atoms with Crippen LogP contribution in [0.25, 0.3) is 0 Å². The highest BCUT2D eigenvalue weighted by Gasteiger charge is 2.51. The highest BCUT2D eigenvalue weighted by Crippen LogP contribution is 2.42. The average Bonchev–Trinajstić information content (AvgIpc) is 3.18. The SMILES string of the molecule is COc1ccc(CNS(=N)(=O)C2(CO)CC2)cc1. The first-order chi connectivity index (χ1) is 8.53. The van der Waals surface area contributed by atoms with Crippen molar-refractivity contribution in [3.05, 3.63) is 29.8 Å². The van der Waals surface area contributed by atoms with E-state index >= 15 is 0 Å². The minimum Gasteiger partial charge on any atom is -0.497 e. The van der Waals surface area contributed by atoms with Crippen LogP contribution in [0.1, 0.15) is 18.4 Å². The van der Waals surface area contributed by atoms with E-state index in [0.717, 1.165) is 11.3 Å². The van der Waals surface area contributed by atoms with Gasteiger partial charge in [0.1, 0.15) is 15.7 Å². The van der Waals surface area contributed by atoms with Gasteiger partial charge < -0.3 is 9.84 Å². The summed E-state index contributed by atoms with van der Waals surface area (Å²) in [7, 11) is -1.34. The van der Waals surface area contributed by atoms with Crippen LogP contribution < -0.4 is 9.46 Å². The van der Waals surface area contributed by atoms with E-state index in [2.05, 4.69) is 4.72 Å². The summed E-state index contributed by atoms with van der Waals surface area (Å²) < 4.78 is 27.1. The van der Waals surface area contributed by atoms with Crippen LogP contribution in [0.3, 0.4) is 0 Å². The van der Waals surface area contributed by atoms with Crippen LogP contribution in [0.4, 0.5) is 0 Å². The number of ether oxygens (including phenoxy) is 1. The van der Waals surface area contributed by atoms with E-state index in [1.54, 1.807) is 7.11 Å². The molecule has 3 N–H and O–H groups in total. The molecule has 1 unspecified atom stereocenters. The molecule has 6 heteroatoms. The molecule has 18 heavy (non-hydrogen) atoms. The number of aliphatic hydroxyl groups excluding tert-OH is 1. The van der Waals surface area contributed by atoms with Crippen molar-refractivity contribution in [2.24, 2.45) is 0 Å². The van der Waals surface area contributed by atoms with Gasteiger partial charge >= 0.3 is 0 Å². The number of rotatable bonds is 6. The summed E-state index contributed by atoms with van der Waals surface area (Å²) in [5.74, 6) is 0.763. The first-order valence-corrected chi connectivity index (χ1v) is 7.35. The first kappa shape index (κ1) is 13.3. The largest absolute Gasteiger partial charge is 0.497 e. The lowest BCUT2D eigenvalue weighted by Crippen LogP contribution is -2.37. The Labute approximate surface area is 107 Å². The normalized spacial score (nSPS) is 20.1. The number of hydrogen-bond donors (Lipinski definition) is 3. The molecule has 1 saturated carbocycles. The summed E-state index contributed by atoms with van der Waals surface area (Å²) >= 11 is 0. The molecule has 1 atom stereocenters. The van der Waals surface area contributed by atoms with Gasteiger partial charge in [-0.2, -0.15) is 0 Å². The minimum absolute atomic E-state index is 0.190. The predicted molar refractivity (Wildman–Crippen MR) is 69.7 cm³/mol. The van der Waals surface area contributed by atoms with Crippen LogP contribution in [0, 0.1) is 4.78 Å². The second kappa shape index (κ2) is 4.87. The molecule has 1 aromatic rings. The van der Waals surface area contributed by atoms with E-state index in [4.69, 9.17) is 9.52 Å². The average molecular weight is 270 g/mol. The molecular formula is C12H18N2O3S. The lowest BCUT2D eigenvalue weighted by atomic mass is 10.2. The van der Waals surface area contributed by atoms with Gasteiger partial charge in [0.15, 0.2) is 0 Å². The van der Waals surface area contributed by atoms with Crippen molar-refractivity contribution in [3.8, 4) is 5.75 Å². The Bertz CT molecular complexity index is 507. The van der Waals surface area contributed by atoms with Crippen molar-refractivity contribution in [1.29, 1.82) is 4.78 Å². The molecule has 1 fully saturated rings. The van der Waals surface area contributed by atoms with Crippen LogP contribution in [-0.2, 0) is 16.5 Å². The molecule has 1 aliphatic carbocycles. The van der Waals surface area contributed by atoms with E-state index in [1.807, 2.05) is 24.3 Å². The highest BCUT2D eigenvalue weighted by molar-refractivity contribution is 7.92. The molecule has 1 aromatic carbocycles. The molecule has 2 rings (SSSR count). The topological polar surface area (TPSA) is 82.4 Å². The second-order valence-electron chi connectivity index (χ2n) is 4.57. The van der Waals surface area contributed by atoms with Gasteiger partial charge in [0, 0.05) is 6.54 Å². The summed E-state index contributed by atoms with van der Waals surface area (Å²) in [6.07, 6.45) is 1.31. The summed E-state index contributed by atoms with van der Waals surface area (Å²) in [6.45, 7) is 0.166. The molecule has 0 heterocycles. The quantitative estimate of drug-likeness (QED) is 0.728. The van der Waals surface area contributed by atoms with Crippen molar-refractivity contribution in [2.45, 2.75) is 24.1 Å². The maximum atomic E-state index is 12.2. The van der Waals surface area contributed by atoms with Crippen molar-refractivity contribution in [2.75, 3.05) is 13.7 Å². The van der Waals surface area contributed by atoms with Crippen LogP contribution in [0.2, 0.25) is 0 Å². The van der Waals surface area contributed by atoms with Crippen LogP contribution >= 0.6 is 0 Å². The van der Waals surface area contributed by atoms with Gasteiger partial charge in [-0.15, -0.1) is 0 Å². The van der Waals surface area contributed by atoms with Gasteiger partial charge in [-0.1, -0.05) is 12.1 Å². The van der Waals surface area contributed by atoms with Crippen molar-refractivity contribution in [1.82, 2.24) is 4.72 Å². The number of nitrogens with one attached hydrogen (secondary N) is 2. The van der Waals surface area contributed by atoms with Gasteiger partial charge in [0.05, 0.1) is 18.5 Å². The number of hydrogen-bond acceptors (Lipinski definition) is 4. The Balaban J connectivity index is 1.99. The standard InChI is InChI=1S/C12H18N2O3S/c1-17-11-4-2-10(3-5-11)8-14-18(13,16)12(9-15)6-7-12/h2-5,15H,6-9H2,1H3,(H2,13,14,16). The zero-order valence-electron chi connectivity index (χ0n) is 10.3. The summed E-state index contributed by atoms with van der Waals surface area (Å²) in [6, 6.07) is 7.36.